The molecule has 1 aromatic rings. The van der Waals surface area contributed by atoms with E-state index in [2.05, 4.69) is 29.9 Å². The number of nitrogens with one attached hydrogen (secondary N) is 1. The zero-order valence-corrected chi connectivity index (χ0v) is 9.01. The Labute approximate surface area is 85.3 Å². The minimum absolute atomic E-state index is 0.644. The molecule has 0 radical (unpaired) electrons. The fraction of sp³-hybridized carbons (Fsp3) is 0.636. The van der Waals surface area contributed by atoms with Crippen molar-refractivity contribution in [3.63, 3.8) is 0 Å². The molecule has 0 aliphatic carbocycles. The van der Waals surface area contributed by atoms with Crippen molar-refractivity contribution in [3.05, 3.63) is 23.0 Å². The van der Waals surface area contributed by atoms with Gasteiger partial charge in [-0.05, 0) is 38.6 Å². The van der Waals surface area contributed by atoms with Crippen LogP contribution in [-0.4, -0.2) is 30.0 Å². The summed E-state index contributed by atoms with van der Waals surface area (Å²) in [7, 11) is 2.18. The first-order chi connectivity index (χ1) is 6.70. The Kier molecular flexibility index (Phi) is 2.61. The molecule has 3 N–H and O–H groups in total. The average molecular weight is 193 g/mol. The van der Waals surface area contributed by atoms with Gasteiger partial charge in [-0.15, -0.1) is 0 Å². The Morgan fingerprint density at radius 3 is 2.93 bits per heavy atom. The molecule has 0 saturated carbocycles. The zero-order chi connectivity index (χ0) is 10.1. The number of likely N-dealkylation sites (tertiary alicyclic amines) is 1. The zero-order valence-electron chi connectivity index (χ0n) is 9.01. The number of aryl methyl sites for hydroxylation is 1. The van der Waals surface area contributed by atoms with Gasteiger partial charge in [0.15, 0.2) is 0 Å². The standard InChI is InChI=1S/C11H19N3/c1-8-10(6-12)5-11(13-8)9-3-4-14(2)7-9/h5,9,13H,3-4,6-7,12H2,1-2H3. The summed E-state index contributed by atoms with van der Waals surface area (Å²) in [6.07, 6.45) is 1.26. The van der Waals surface area contributed by atoms with Crippen LogP contribution < -0.4 is 5.73 Å². The summed E-state index contributed by atoms with van der Waals surface area (Å²) in [5.41, 5.74) is 9.52. The van der Waals surface area contributed by atoms with Gasteiger partial charge >= 0.3 is 0 Å². The van der Waals surface area contributed by atoms with E-state index in [0.29, 0.717) is 12.5 Å². The van der Waals surface area contributed by atoms with Gasteiger partial charge in [-0.25, -0.2) is 0 Å². The van der Waals surface area contributed by atoms with Crippen LogP contribution in [0.1, 0.15) is 29.3 Å². The molecule has 1 aliphatic rings. The summed E-state index contributed by atoms with van der Waals surface area (Å²) in [6.45, 7) is 5.12. The van der Waals surface area contributed by atoms with E-state index in [0.717, 1.165) is 0 Å². The minimum atomic E-state index is 0.644. The molecule has 1 atom stereocenters. The number of hydrogen-bond donors (Lipinski definition) is 2. The number of hydrogen-bond acceptors (Lipinski definition) is 2. The summed E-state index contributed by atoms with van der Waals surface area (Å²) in [5.74, 6) is 0.680. The predicted molar refractivity (Wildman–Crippen MR) is 58.3 cm³/mol. The SMILES string of the molecule is Cc1[nH]c(C2CCN(C)C2)cc1CN. The molecule has 0 bridgehead atoms. The average Bonchev–Trinajstić information content (AvgIpc) is 2.71. The number of likely N-dealkylation sites (N-methyl/N-ethyl adjacent to an activating group) is 1. The van der Waals surface area contributed by atoms with Crippen molar-refractivity contribution in [1.82, 2.24) is 9.88 Å². The van der Waals surface area contributed by atoms with E-state index in [1.54, 1.807) is 0 Å². The van der Waals surface area contributed by atoms with Crippen LogP contribution in [0.25, 0.3) is 0 Å². The van der Waals surface area contributed by atoms with Crippen molar-refractivity contribution < 1.29 is 0 Å². The molecule has 1 aromatic heterocycles. The summed E-state index contributed by atoms with van der Waals surface area (Å²) < 4.78 is 0. The molecule has 0 aromatic carbocycles. The van der Waals surface area contributed by atoms with Gasteiger partial charge < -0.3 is 15.6 Å². The van der Waals surface area contributed by atoms with Crippen LogP contribution in [0.2, 0.25) is 0 Å². The van der Waals surface area contributed by atoms with Gasteiger partial charge in [0.05, 0.1) is 0 Å². The number of rotatable bonds is 2. The highest BCUT2D eigenvalue weighted by atomic mass is 15.1. The lowest BCUT2D eigenvalue weighted by molar-refractivity contribution is 0.411. The highest BCUT2D eigenvalue weighted by Gasteiger charge is 2.22. The van der Waals surface area contributed by atoms with E-state index in [1.807, 2.05) is 0 Å². The second-order valence-corrected chi connectivity index (χ2v) is 4.33. The minimum Gasteiger partial charge on any atom is -0.362 e. The third-order valence-electron chi connectivity index (χ3n) is 3.19. The van der Waals surface area contributed by atoms with Gasteiger partial charge in [0, 0.05) is 30.4 Å². The molecular weight excluding hydrogens is 174 g/mol. The predicted octanol–water partition coefficient (Wildman–Crippen LogP) is 1.20. The van der Waals surface area contributed by atoms with Crippen LogP contribution in [0.5, 0.6) is 0 Å². The van der Waals surface area contributed by atoms with Crippen LogP contribution in [0, 0.1) is 6.92 Å². The number of aromatic nitrogens is 1. The molecule has 78 valence electrons. The Hall–Kier alpha value is -0.800. The Balaban J connectivity index is 2.16. The fourth-order valence-corrected chi connectivity index (χ4v) is 2.25. The smallest absolute Gasteiger partial charge is 0.0197 e. The van der Waals surface area contributed by atoms with Gasteiger partial charge in [0.25, 0.3) is 0 Å². The number of nitrogens with two attached hydrogens (primary N) is 1. The highest BCUT2D eigenvalue weighted by Crippen LogP contribution is 2.26. The third kappa shape index (κ3) is 1.70. The lowest BCUT2D eigenvalue weighted by Crippen LogP contribution is -2.13. The number of H-pyrrole nitrogens is 1. The molecule has 14 heavy (non-hydrogen) atoms. The summed E-state index contributed by atoms with van der Waals surface area (Å²) in [5, 5.41) is 0. The van der Waals surface area contributed by atoms with Crippen molar-refractivity contribution in [2.24, 2.45) is 5.73 Å². The van der Waals surface area contributed by atoms with Gasteiger partial charge in [0.1, 0.15) is 0 Å². The van der Waals surface area contributed by atoms with Crippen LogP contribution >= 0.6 is 0 Å². The van der Waals surface area contributed by atoms with Crippen LogP contribution in [-0.2, 0) is 6.54 Å². The normalized spacial score (nSPS) is 23.2. The second-order valence-electron chi connectivity index (χ2n) is 4.33. The third-order valence-corrected chi connectivity index (χ3v) is 3.19. The maximum atomic E-state index is 5.66. The van der Waals surface area contributed by atoms with E-state index < -0.39 is 0 Å². The Morgan fingerprint density at radius 1 is 1.64 bits per heavy atom. The van der Waals surface area contributed by atoms with Crippen molar-refractivity contribution in [3.8, 4) is 0 Å². The molecule has 1 unspecified atom stereocenters. The van der Waals surface area contributed by atoms with Crippen LogP contribution in [0.3, 0.4) is 0 Å². The van der Waals surface area contributed by atoms with Crippen molar-refractivity contribution in [2.45, 2.75) is 25.8 Å². The molecule has 3 nitrogen and oxygen atoms in total. The molecule has 3 heteroatoms. The maximum absolute atomic E-state index is 5.66. The molecule has 2 heterocycles. The van der Waals surface area contributed by atoms with Crippen LogP contribution in [0.15, 0.2) is 6.07 Å². The van der Waals surface area contributed by atoms with E-state index in [4.69, 9.17) is 5.73 Å². The lowest BCUT2D eigenvalue weighted by Gasteiger charge is -2.08. The van der Waals surface area contributed by atoms with Gasteiger partial charge in [-0.3, -0.25) is 0 Å². The largest absolute Gasteiger partial charge is 0.362 e. The van der Waals surface area contributed by atoms with Gasteiger partial charge in [-0.2, -0.15) is 0 Å². The maximum Gasteiger partial charge on any atom is 0.0197 e. The van der Waals surface area contributed by atoms with E-state index in [9.17, 15) is 0 Å². The summed E-state index contributed by atoms with van der Waals surface area (Å²) in [6, 6.07) is 2.24. The molecule has 1 fully saturated rings. The fourth-order valence-electron chi connectivity index (χ4n) is 2.25. The molecule has 1 aliphatic heterocycles. The quantitative estimate of drug-likeness (QED) is 0.741. The first-order valence-corrected chi connectivity index (χ1v) is 5.27. The number of nitrogens with zero attached hydrogens (tertiary/aromatic N) is 1. The van der Waals surface area contributed by atoms with Crippen molar-refractivity contribution in [2.75, 3.05) is 20.1 Å². The topological polar surface area (TPSA) is 45.0 Å². The Bertz CT molecular complexity index is 316. The first-order valence-electron chi connectivity index (χ1n) is 5.27. The van der Waals surface area contributed by atoms with Gasteiger partial charge in [-0.1, -0.05) is 0 Å². The molecule has 0 spiro atoms. The summed E-state index contributed by atoms with van der Waals surface area (Å²) in [4.78, 5) is 5.83. The van der Waals surface area contributed by atoms with Crippen molar-refractivity contribution in [1.29, 1.82) is 0 Å². The molecule has 0 amide bonds. The van der Waals surface area contributed by atoms with E-state index >= 15 is 0 Å². The van der Waals surface area contributed by atoms with E-state index in [1.165, 1.54) is 36.5 Å². The number of aromatic amines is 1. The van der Waals surface area contributed by atoms with E-state index in [-0.39, 0.29) is 0 Å². The second kappa shape index (κ2) is 3.75. The lowest BCUT2D eigenvalue weighted by atomic mass is 10.0. The van der Waals surface area contributed by atoms with Crippen LogP contribution in [0.4, 0.5) is 0 Å². The van der Waals surface area contributed by atoms with Gasteiger partial charge in [0.2, 0.25) is 0 Å². The Morgan fingerprint density at radius 2 is 2.43 bits per heavy atom. The summed E-state index contributed by atoms with van der Waals surface area (Å²) >= 11 is 0. The molecular formula is C11H19N3. The monoisotopic (exact) mass is 193 g/mol. The molecule has 1 saturated heterocycles. The van der Waals surface area contributed by atoms with Crippen molar-refractivity contribution >= 4 is 0 Å². The molecule has 2 rings (SSSR count). The highest BCUT2D eigenvalue weighted by molar-refractivity contribution is 5.27. The first kappa shape index (κ1) is 9.74.